The molecule has 1 aliphatic heterocycles. The van der Waals surface area contributed by atoms with Gasteiger partial charge < -0.3 is 14.5 Å². The smallest absolute Gasteiger partial charge is 0.219 e. The van der Waals surface area contributed by atoms with Crippen LogP contribution in [0.4, 0.5) is 5.69 Å². The molecule has 0 aliphatic carbocycles. The number of rotatable bonds is 3. The maximum Gasteiger partial charge on any atom is 0.219 e. The minimum Gasteiger partial charge on any atom is -0.497 e. The maximum absolute atomic E-state index is 11.5. The maximum atomic E-state index is 11.5. The van der Waals surface area contributed by atoms with Crippen molar-refractivity contribution in [1.29, 1.82) is 0 Å². The number of anilines is 1. The Morgan fingerprint density at radius 1 is 1.00 bits per heavy atom. The lowest BCUT2D eigenvalue weighted by Crippen LogP contribution is -2.48. The average molecular weight is 375 g/mol. The highest BCUT2D eigenvalue weighted by atomic mass is 16.5. The van der Waals surface area contributed by atoms with E-state index >= 15 is 0 Å². The van der Waals surface area contributed by atoms with E-state index in [0.29, 0.717) is 0 Å². The summed E-state index contributed by atoms with van der Waals surface area (Å²) in [6, 6.07) is 16.6. The number of benzene rings is 2. The third kappa shape index (κ3) is 3.52. The molecule has 0 N–H and O–H groups in total. The van der Waals surface area contributed by atoms with E-state index in [2.05, 4.69) is 36.1 Å². The second kappa shape index (κ2) is 7.50. The van der Waals surface area contributed by atoms with Gasteiger partial charge >= 0.3 is 0 Å². The summed E-state index contributed by atoms with van der Waals surface area (Å²) < 4.78 is 5.24. The van der Waals surface area contributed by atoms with Gasteiger partial charge in [0.1, 0.15) is 5.75 Å². The molecular formula is C23H25N3O2. The van der Waals surface area contributed by atoms with Crippen LogP contribution in [0.3, 0.4) is 0 Å². The lowest BCUT2D eigenvalue weighted by molar-refractivity contribution is -0.129. The van der Waals surface area contributed by atoms with Crippen molar-refractivity contribution < 1.29 is 9.53 Å². The highest BCUT2D eigenvalue weighted by Crippen LogP contribution is 2.29. The largest absolute Gasteiger partial charge is 0.497 e. The average Bonchev–Trinajstić information content (AvgIpc) is 2.73. The molecule has 28 heavy (non-hydrogen) atoms. The molecule has 1 aliphatic rings. The molecule has 0 unspecified atom stereocenters. The fourth-order valence-corrected chi connectivity index (χ4v) is 3.77. The zero-order valence-corrected chi connectivity index (χ0v) is 16.6. The van der Waals surface area contributed by atoms with Gasteiger partial charge in [0.15, 0.2) is 0 Å². The molecule has 3 aromatic rings. The number of ether oxygens (including phenoxy) is 1. The van der Waals surface area contributed by atoms with Gasteiger partial charge in [-0.3, -0.25) is 4.79 Å². The number of methoxy groups -OCH3 is 1. The summed E-state index contributed by atoms with van der Waals surface area (Å²) in [7, 11) is 1.67. The molecule has 4 rings (SSSR count). The highest BCUT2D eigenvalue weighted by molar-refractivity contribution is 5.88. The van der Waals surface area contributed by atoms with E-state index in [0.717, 1.165) is 48.7 Å². The number of nitrogens with zero attached hydrogens (tertiary/aromatic N) is 3. The SMILES string of the molecule is COc1ccc(-c2cc(C)c3cc(N4CCN(C(C)=O)CC4)ccc3n2)cc1. The molecule has 0 saturated carbocycles. The molecule has 1 fully saturated rings. The fourth-order valence-electron chi connectivity index (χ4n) is 3.77. The van der Waals surface area contributed by atoms with Crippen LogP contribution in [0.15, 0.2) is 48.5 Å². The van der Waals surface area contributed by atoms with Crippen LogP contribution in [0.25, 0.3) is 22.2 Å². The molecule has 2 aromatic carbocycles. The van der Waals surface area contributed by atoms with Gasteiger partial charge in [-0.05, 0) is 61.0 Å². The number of hydrogen-bond acceptors (Lipinski definition) is 4. The van der Waals surface area contributed by atoms with Crippen LogP contribution in [0.2, 0.25) is 0 Å². The Balaban J connectivity index is 1.62. The summed E-state index contributed by atoms with van der Waals surface area (Å²) in [4.78, 5) is 20.7. The van der Waals surface area contributed by atoms with Crippen LogP contribution in [-0.2, 0) is 4.79 Å². The molecule has 144 valence electrons. The number of aryl methyl sites for hydroxylation is 1. The second-order valence-electron chi connectivity index (χ2n) is 7.25. The molecule has 2 heterocycles. The Bertz CT molecular complexity index is 1010. The first kappa shape index (κ1) is 18.3. The number of amides is 1. The van der Waals surface area contributed by atoms with Crippen molar-refractivity contribution in [3.05, 3.63) is 54.1 Å². The number of aromatic nitrogens is 1. The van der Waals surface area contributed by atoms with Crippen molar-refractivity contribution >= 4 is 22.5 Å². The van der Waals surface area contributed by atoms with Crippen molar-refractivity contribution in [2.45, 2.75) is 13.8 Å². The van der Waals surface area contributed by atoms with E-state index in [-0.39, 0.29) is 5.91 Å². The monoisotopic (exact) mass is 375 g/mol. The van der Waals surface area contributed by atoms with Gasteiger partial charge in [-0.1, -0.05) is 0 Å². The number of carbonyl (C=O) groups excluding carboxylic acids is 1. The summed E-state index contributed by atoms with van der Waals surface area (Å²) in [6.07, 6.45) is 0. The summed E-state index contributed by atoms with van der Waals surface area (Å²) in [5.41, 5.74) is 5.44. The zero-order valence-electron chi connectivity index (χ0n) is 16.6. The third-order valence-corrected chi connectivity index (χ3v) is 5.48. The van der Waals surface area contributed by atoms with Crippen molar-refractivity contribution in [3.63, 3.8) is 0 Å². The van der Waals surface area contributed by atoms with Crippen LogP contribution in [0.1, 0.15) is 12.5 Å². The molecular weight excluding hydrogens is 350 g/mol. The predicted molar refractivity (Wildman–Crippen MR) is 113 cm³/mol. The molecule has 1 amide bonds. The van der Waals surface area contributed by atoms with E-state index in [9.17, 15) is 4.79 Å². The molecule has 1 aromatic heterocycles. The van der Waals surface area contributed by atoms with Crippen LogP contribution < -0.4 is 9.64 Å². The van der Waals surface area contributed by atoms with Crippen molar-refractivity contribution in [3.8, 4) is 17.0 Å². The van der Waals surface area contributed by atoms with E-state index in [1.54, 1.807) is 14.0 Å². The molecule has 0 spiro atoms. The quantitative estimate of drug-likeness (QED) is 0.697. The number of carbonyl (C=O) groups is 1. The standard InChI is InChI=1S/C23H25N3O2/c1-16-14-23(18-4-7-20(28-3)8-5-18)24-22-9-6-19(15-21(16)22)26-12-10-25(11-13-26)17(2)27/h4-9,14-15H,10-13H2,1-3H3. The number of pyridine rings is 1. The summed E-state index contributed by atoms with van der Waals surface area (Å²) >= 11 is 0. The van der Waals surface area contributed by atoms with Crippen LogP contribution in [-0.4, -0.2) is 49.1 Å². The van der Waals surface area contributed by atoms with Crippen molar-refractivity contribution in [2.24, 2.45) is 0 Å². The van der Waals surface area contributed by atoms with Crippen molar-refractivity contribution in [1.82, 2.24) is 9.88 Å². The molecule has 0 radical (unpaired) electrons. The Morgan fingerprint density at radius 3 is 2.36 bits per heavy atom. The minimum atomic E-state index is 0.157. The van der Waals surface area contributed by atoms with Gasteiger partial charge in [-0.15, -0.1) is 0 Å². The van der Waals surface area contributed by atoms with E-state index in [1.165, 1.54) is 16.6 Å². The normalized spacial score (nSPS) is 14.4. The summed E-state index contributed by atoms with van der Waals surface area (Å²) in [6.45, 7) is 7.06. The first-order chi connectivity index (χ1) is 13.5. The van der Waals surface area contributed by atoms with Crippen LogP contribution >= 0.6 is 0 Å². The molecule has 0 atom stereocenters. The fraction of sp³-hybridized carbons (Fsp3) is 0.304. The van der Waals surface area contributed by atoms with Gasteiger partial charge in [-0.25, -0.2) is 4.98 Å². The first-order valence-corrected chi connectivity index (χ1v) is 9.61. The Labute approximate surface area is 165 Å². The lowest BCUT2D eigenvalue weighted by atomic mass is 10.0. The Hall–Kier alpha value is -3.08. The highest BCUT2D eigenvalue weighted by Gasteiger charge is 2.19. The number of fused-ring (bicyclic) bond motifs is 1. The first-order valence-electron chi connectivity index (χ1n) is 9.61. The minimum absolute atomic E-state index is 0.157. The van der Waals surface area contributed by atoms with Gasteiger partial charge in [0.2, 0.25) is 5.91 Å². The van der Waals surface area contributed by atoms with Crippen molar-refractivity contribution in [2.75, 3.05) is 38.2 Å². The van der Waals surface area contributed by atoms with Gasteiger partial charge in [0, 0.05) is 49.7 Å². The Kier molecular flexibility index (Phi) is 4.90. The predicted octanol–water partition coefficient (Wildman–Crippen LogP) is 3.89. The van der Waals surface area contributed by atoms with Gasteiger partial charge in [-0.2, -0.15) is 0 Å². The number of piperazine rings is 1. The van der Waals surface area contributed by atoms with Crippen LogP contribution in [0, 0.1) is 6.92 Å². The summed E-state index contributed by atoms with van der Waals surface area (Å²) in [5, 5.41) is 1.17. The van der Waals surface area contributed by atoms with Crippen LogP contribution in [0.5, 0.6) is 5.75 Å². The second-order valence-corrected chi connectivity index (χ2v) is 7.25. The van der Waals surface area contributed by atoms with Gasteiger partial charge in [0.25, 0.3) is 0 Å². The molecule has 5 heteroatoms. The summed E-state index contributed by atoms with van der Waals surface area (Å²) in [5.74, 6) is 1.00. The van der Waals surface area contributed by atoms with Gasteiger partial charge in [0.05, 0.1) is 18.3 Å². The van der Waals surface area contributed by atoms with E-state index in [1.807, 2.05) is 29.2 Å². The molecule has 1 saturated heterocycles. The topological polar surface area (TPSA) is 45.7 Å². The lowest BCUT2D eigenvalue weighted by Gasteiger charge is -2.35. The van der Waals surface area contributed by atoms with E-state index < -0.39 is 0 Å². The number of hydrogen-bond donors (Lipinski definition) is 0. The zero-order chi connectivity index (χ0) is 19.7. The Morgan fingerprint density at radius 2 is 1.71 bits per heavy atom. The third-order valence-electron chi connectivity index (χ3n) is 5.48. The molecule has 5 nitrogen and oxygen atoms in total. The molecule has 0 bridgehead atoms. The van der Waals surface area contributed by atoms with E-state index in [4.69, 9.17) is 9.72 Å².